The van der Waals surface area contributed by atoms with Gasteiger partial charge in [-0.1, -0.05) is 0 Å². The lowest BCUT2D eigenvalue weighted by Gasteiger charge is -2.14. The fraction of sp³-hybridized carbons (Fsp3) is 0.625. The highest BCUT2D eigenvalue weighted by Crippen LogP contribution is 2.06. The van der Waals surface area contributed by atoms with Crippen molar-refractivity contribution < 1.29 is 10.2 Å². The van der Waals surface area contributed by atoms with Gasteiger partial charge in [0.25, 0.3) is 0 Å². The number of aliphatic hydroxyl groups is 2. The van der Waals surface area contributed by atoms with Crippen LogP contribution in [0.1, 0.15) is 18.7 Å². The van der Waals surface area contributed by atoms with Crippen molar-refractivity contribution in [2.24, 2.45) is 0 Å². The van der Waals surface area contributed by atoms with Crippen LogP contribution in [0.4, 0.5) is 0 Å². The highest BCUT2D eigenvalue weighted by atomic mass is 16.3. The van der Waals surface area contributed by atoms with Crippen LogP contribution >= 0.6 is 0 Å². The lowest BCUT2D eigenvalue weighted by Crippen LogP contribution is -2.31. The highest BCUT2D eigenvalue weighted by Gasteiger charge is 2.08. The van der Waals surface area contributed by atoms with Crippen LogP contribution in [0.25, 0.3) is 0 Å². The quantitative estimate of drug-likeness (QED) is 0.494. The first kappa shape index (κ1) is 10.2. The van der Waals surface area contributed by atoms with Gasteiger partial charge in [0.05, 0.1) is 18.4 Å². The molecule has 0 aliphatic carbocycles. The summed E-state index contributed by atoms with van der Waals surface area (Å²) in [6.45, 7) is 2.11. The van der Waals surface area contributed by atoms with E-state index in [9.17, 15) is 0 Å². The van der Waals surface area contributed by atoms with E-state index in [1.807, 2.05) is 13.0 Å². The third-order valence-electron chi connectivity index (χ3n) is 1.86. The van der Waals surface area contributed by atoms with E-state index in [1.54, 1.807) is 6.20 Å². The summed E-state index contributed by atoms with van der Waals surface area (Å²) in [4.78, 5) is 0. The molecule has 1 rings (SSSR count). The van der Waals surface area contributed by atoms with Crippen LogP contribution < -0.4 is 5.32 Å². The SMILES string of the molecule is CC(NCC(O)CO)c1ccn[nH]1. The topological polar surface area (TPSA) is 81.2 Å². The van der Waals surface area contributed by atoms with Crippen molar-refractivity contribution in [2.75, 3.05) is 13.2 Å². The molecule has 0 saturated heterocycles. The van der Waals surface area contributed by atoms with Crippen molar-refractivity contribution in [1.29, 1.82) is 0 Å². The van der Waals surface area contributed by atoms with Crippen molar-refractivity contribution in [3.05, 3.63) is 18.0 Å². The molecular weight excluding hydrogens is 170 g/mol. The zero-order valence-corrected chi connectivity index (χ0v) is 7.57. The van der Waals surface area contributed by atoms with Gasteiger partial charge in [-0.3, -0.25) is 5.10 Å². The van der Waals surface area contributed by atoms with Crippen LogP contribution in [0, 0.1) is 0 Å². The Morgan fingerprint density at radius 3 is 3.00 bits per heavy atom. The molecule has 0 radical (unpaired) electrons. The third kappa shape index (κ3) is 3.14. The molecule has 5 nitrogen and oxygen atoms in total. The summed E-state index contributed by atoms with van der Waals surface area (Å²) < 4.78 is 0. The monoisotopic (exact) mass is 185 g/mol. The molecule has 1 aromatic rings. The van der Waals surface area contributed by atoms with Crippen molar-refractivity contribution in [1.82, 2.24) is 15.5 Å². The molecule has 2 unspecified atom stereocenters. The average molecular weight is 185 g/mol. The lowest BCUT2D eigenvalue weighted by molar-refractivity contribution is 0.0922. The van der Waals surface area contributed by atoms with Gasteiger partial charge in [-0.15, -0.1) is 0 Å². The van der Waals surface area contributed by atoms with Crippen LogP contribution in [-0.2, 0) is 0 Å². The fourth-order valence-corrected chi connectivity index (χ4v) is 0.995. The molecule has 0 bridgehead atoms. The number of rotatable bonds is 5. The number of aromatic nitrogens is 2. The van der Waals surface area contributed by atoms with Crippen molar-refractivity contribution in [3.8, 4) is 0 Å². The molecule has 0 saturated carbocycles. The lowest BCUT2D eigenvalue weighted by atomic mass is 10.2. The van der Waals surface area contributed by atoms with Gasteiger partial charge in [0.15, 0.2) is 0 Å². The van der Waals surface area contributed by atoms with Gasteiger partial charge in [-0.2, -0.15) is 5.10 Å². The maximum Gasteiger partial charge on any atom is 0.0895 e. The molecule has 0 aliphatic heterocycles. The third-order valence-corrected chi connectivity index (χ3v) is 1.86. The Morgan fingerprint density at radius 1 is 1.69 bits per heavy atom. The van der Waals surface area contributed by atoms with E-state index in [1.165, 1.54) is 0 Å². The molecular formula is C8H15N3O2. The number of nitrogens with one attached hydrogen (secondary N) is 2. The first-order chi connectivity index (χ1) is 6.24. The smallest absolute Gasteiger partial charge is 0.0895 e. The minimum Gasteiger partial charge on any atom is -0.394 e. The summed E-state index contributed by atoms with van der Waals surface area (Å²) in [5.41, 5.74) is 0.963. The van der Waals surface area contributed by atoms with Gasteiger partial charge in [-0.05, 0) is 13.0 Å². The summed E-state index contributed by atoms with van der Waals surface area (Å²) in [5.74, 6) is 0. The van der Waals surface area contributed by atoms with Gasteiger partial charge in [0, 0.05) is 18.8 Å². The summed E-state index contributed by atoms with van der Waals surface area (Å²) in [5, 5.41) is 27.3. The molecule has 0 amide bonds. The Labute approximate surface area is 76.8 Å². The molecule has 13 heavy (non-hydrogen) atoms. The molecule has 1 aromatic heterocycles. The Bertz CT molecular complexity index is 225. The van der Waals surface area contributed by atoms with E-state index < -0.39 is 6.10 Å². The molecule has 0 spiro atoms. The van der Waals surface area contributed by atoms with Gasteiger partial charge in [0.2, 0.25) is 0 Å². The minimum atomic E-state index is -0.703. The molecule has 0 aliphatic rings. The maximum absolute atomic E-state index is 9.07. The van der Waals surface area contributed by atoms with Crippen molar-refractivity contribution in [3.63, 3.8) is 0 Å². The van der Waals surface area contributed by atoms with E-state index in [4.69, 9.17) is 10.2 Å². The molecule has 5 heteroatoms. The number of hydrogen-bond acceptors (Lipinski definition) is 4. The van der Waals surface area contributed by atoms with E-state index >= 15 is 0 Å². The number of nitrogens with zero attached hydrogens (tertiary/aromatic N) is 1. The summed E-state index contributed by atoms with van der Waals surface area (Å²) in [7, 11) is 0. The molecule has 1 heterocycles. The van der Waals surface area contributed by atoms with Gasteiger partial charge < -0.3 is 15.5 Å². The fourth-order valence-electron chi connectivity index (χ4n) is 0.995. The van der Waals surface area contributed by atoms with Crippen LogP contribution in [0.15, 0.2) is 12.3 Å². The highest BCUT2D eigenvalue weighted by molar-refractivity contribution is 5.02. The van der Waals surface area contributed by atoms with Crippen LogP contribution in [0.5, 0.6) is 0 Å². The second kappa shape index (κ2) is 4.96. The Kier molecular flexibility index (Phi) is 3.88. The maximum atomic E-state index is 9.07. The summed E-state index contributed by atoms with van der Waals surface area (Å²) >= 11 is 0. The first-order valence-corrected chi connectivity index (χ1v) is 4.25. The normalized spacial score (nSPS) is 15.6. The van der Waals surface area contributed by atoms with Crippen molar-refractivity contribution in [2.45, 2.75) is 19.1 Å². The van der Waals surface area contributed by atoms with E-state index in [0.717, 1.165) is 5.69 Å². The minimum absolute atomic E-state index is 0.101. The zero-order valence-electron chi connectivity index (χ0n) is 7.57. The Hall–Kier alpha value is -0.910. The first-order valence-electron chi connectivity index (χ1n) is 4.25. The predicted octanol–water partition coefficient (Wildman–Crippen LogP) is -0.587. The molecule has 0 aromatic carbocycles. The van der Waals surface area contributed by atoms with E-state index in [2.05, 4.69) is 15.5 Å². The Balaban J connectivity index is 2.30. The number of aromatic amines is 1. The van der Waals surface area contributed by atoms with Crippen LogP contribution in [0.2, 0.25) is 0 Å². The molecule has 0 fully saturated rings. The van der Waals surface area contributed by atoms with E-state index in [-0.39, 0.29) is 12.6 Å². The Morgan fingerprint density at radius 2 is 2.46 bits per heavy atom. The molecule has 2 atom stereocenters. The van der Waals surface area contributed by atoms with Gasteiger partial charge in [-0.25, -0.2) is 0 Å². The van der Waals surface area contributed by atoms with Gasteiger partial charge >= 0.3 is 0 Å². The second-order valence-electron chi connectivity index (χ2n) is 2.98. The zero-order chi connectivity index (χ0) is 9.68. The molecule has 4 N–H and O–H groups in total. The van der Waals surface area contributed by atoms with Gasteiger partial charge in [0.1, 0.15) is 0 Å². The van der Waals surface area contributed by atoms with Crippen LogP contribution in [0.3, 0.4) is 0 Å². The summed E-state index contributed by atoms with van der Waals surface area (Å²) in [6, 6.07) is 1.96. The predicted molar refractivity (Wildman–Crippen MR) is 48.1 cm³/mol. The number of aliphatic hydroxyl groups excluding tert-OH is 2. The standard InChI is InChI=1S/C8H15N3O2/c1-6(8-2-3-10-11-8)9-4-7(13)5-12/h2-3,6-7,9,12-13H,4-5H2,1H3,(H,10,11). The molecule has 74 valence electrons. The largest absolute Gasteiger partial charge is 0.394 e. The van der Waals surface area contributed by atoms with Crippen LogP contribution in [-0.4, -0.2) is 39.7 Å². The second-order valence-corrected chi connectivity index (χ2v) is 2.98. The van der Waals surface area contributed by atoms with Crippen molar-refractivity contribution >= 4 is 0 Å². The average Bonchev–Trinajstić information content (AvgIpc) is 2.66. The summed E-state index contributed by atoms with van der Waals surface area (Å²) in [6.07, 6.45) is 0.973. The number of hydrogen-bond donors (Lipinski definition) is 4. The van der Waals surface area contributed by atoms with E-state index in [0.29, 0.717) is 6.54 Å². The number of H-pyrrole nitrogens is 1.